The highest BCUT2D eigenvalue weighted by atomic mass is 19.1. The quantitative estimate of drug-likeness (QED) is 0.839. The first-order valence-corrected chi connectivity index (χ1v) is 8.08. The van der Waals surface area contributed by atoms with Crippen LogP contribution < -0.4 is 0 Å². The first-order valence-electron chi connectivity index (χ1n) is 8.08. The van der Waals surface area contributed by atoms with E-state index in [-0.39, 0.29) is 23.1 Å². The maximum absolute atomic E-state index is 12.9. The van der Waals surface area contributed by atoms with Gasteiger partial charge < -0.3 is 4.74 Å². The number of carbonyl (C=O) groups is 1. The van der Waals surface area contributed by atoms with Gasteiger partial charge in [-0.05, 0) is 43.4 Å². The second kappa shape index (κ2) is 6.27. The molecule has 2 fully saturated rings. The molecule has 0 radical (unpaired) electrons. The van der Waals surface area contributed by atoms with Gasteiger partial charge in [-0.2, -0.15) is 0 Å². The fraction of sp³-hybridized carbons (Fsp3) is 0.611. The molecule has 1 saturated carbocycles. The molecule has 1 aromatic carbocycles. The molecule has 0 amide bonds. The van der Waals surface area contributed by atoms with Crippen LogP contribution in [0.25, 0.3) is 0 Å². The van der Waals surface area contributed by atoms with Crippen LogP contribution in [0.3, 0.4) is 0 Å². The zero-order valence-corrected chi connectivity index (χ0v) is 12.4. The van der Waals surface area contributed by atoms with E-state index in [9.17, 15) is 9.18 Å². The zero-order valence-electron chi connectivity index (χ0n) is 12.4. The molecule has 0 bridgehead atoms. The topological polar surface area (TPSA) is 26.3 Å². The van der Waals surface area contributed by atoms with Crippen LogP contribution in [-0.2, 0) is 16.0 Å². The highest BCUT2D eigenvalue weighted by Crippen LogP contribution is 2.41. The van der Waals surface area contributed by atoms with Crippen LogP contribution in [0.4, 0.5) is 4.39 Å². The zero-order chi connectivity index (χ0) is 14.7. The summed E-state index contributed by atoms with van der Waals surface area (Å²) >= 11 is 0. The minimum absolute atomic E-state index is 0.0282. The molecule has 2 aliphatic rings. The highest BCUT2D eigenvalue weighted by molar-refractivity contribution is 5.83. The monoisotopic (exact) mass is 290 g/mol. The van der Waals surface area contributed by atoms with Gasteiger partial charge in [0.2, 0.25) is 0 Å². The number of hydrogen-bond acceptors (Lipinski definition) is 2. The predicted molar refractivity (Wildman–Crippen MR) is 79.6 cm³/mol. The number of ketones is 1. The van der Waals surface area contributed by atoms with Crippen molar-refractivity contribution in [2.75, 3.05) is 6.61 Å². The Hall–Kier alpha value is -1.22. The molecule has 1 unspecified atom stereocenters. The van der Waals surface area contributed by atoms with Crippen molar-refractivity contribution >= 4 is 5.78 Å². The number of rotatable bonds is 3. The van der Waals surface area contributed by atoms with Crippen LogP contribution >= 0.6 is 0 Å². The third-order valence-corrected chi connectivity index (χ3v) is 5.00. The van der Waals surface area contributed by atoms with Gasteiger partial charge in [0.15, 0.2) is 0 Å². The summed E-state index contributed by atoms with van der Waals surface area (Å²) in [6.45, 7) is 0.708. The van der Waals surface area contributed by atoms with Crippen molar-refractivity contribution in [1.29, 1.82) is 0 Å². The highest BCUT2D eigenvalue weighted by Gasteiger charge is 2.40. The average Bonchev–Trinajstić information content (AvgIpc) is 2.50. The lowest BCUT2D eigenvalue weighted by Gasteiger charge is -2.43. The molecule has 21 heavy (non-hydrogen) atoms. The Kier molecular flexibility index (Phi) is 4.39. The Morgan fingerprint density at radius 1 is 1.19 bits per heavy atom. The SMILES string of the molecule is O=C(Cc1ccc(F)cc1)C1CCOC2(CCCCC2)C1. The van der Waals surface area contributed by atoms with Crippen LogP contribution in [0.2, 0.25) is 0 Å². The van der Waals surface area contributed by atoms with Gasteiger partial charge in [-0.1, -0.05) is 31.4 Å². The summed E-state index contributed by atoms with van der Waals surface area (Å²) in [6.07, 6.45) is 8.08. The normalized spacial score (nSPS) is 24.9. The largest absolute Gasteiger partial charge is 0.375 e. The summed E-state index contributed by atoms with van der Waals surface area (Å²) in [4.78, 5) is 12.5. The molecule has 3 heteroatoms. The van der Waals surface area contributed by atoms with Gasteiger partial charge in [0, 0.05) is 18.9 Å². The van der Waals surface area contributed by atoms with E-state index in [1.54, 1.807) is 12.1 Å². The Balaban J connectivity index is 1.62. The van der Waals surface area contributed by atoms with Crippen molar-refractivity contribution in [2.45, 2.75) is 57.0 Å². The van der Waals surface area contributed by atoms with Gasteiger partial charge >= 0.3 is 0 Å². The second-order valence-corrected chi connectivity index (χ2v) is 6.55. The lowest BCUT2D eigenvalue weighted by molar-refractivity contribution is -0.142. The number of benzene rings is 1. The van der Waals surface area contributed by atoms with Crippen molar-refractivity contribution in [3.05, 3.63) is 35.6 Å². The van der Waals surface area contributed by atoms with E-state index < -0.39 is 0 Å². The summed E-state index contributed by atoms with van der Waals surface area (Å²) in [7, 11) is 0. The van der Waals surface area contributed by atoms with Gasteiger partial charge in [0.25, 0.3) is 0 Å². The third kappa shape index (κ3) is 3.52. The average molecular weight is 290 g/mol. The van der Waals surface area contributed by atoms with Gasteiger partial charge in [-0.3, -0.25) is 4.79 Å². The molecule has 1 spiro atoms. The van der Waals surface area contributed by atoms with Crippen LogP contribution in [0.1, 0.15) is 50.5 Å². The molecule has 1 heterocycles. The number of Topliss-reactive ketones (excluding diaryl/α,β-unsaturated/α-hetero) is 1. The van der Waals surface area contributed by atoms with E-state index in [0.29, 0.717) is 13.0 Å². The molecule has 1 saturated heterocycles. The van der Waals surface area contributed by atoms with Crippen molar-refractivity contribution in [1.82, 2.24) is 0 Å². The smallest absolute Gasteiger partial charge is 0.140 e. The predicted octanol–water partition coefficient (Wildman–Crippen LogP) is 4.07. The van der Waals surface area contributed by atoms with E-state index in [1.807, 2.05) is 0 Å². The first-order chi connectivity index (χ1) is 10.2. The minimum atomic E-state index is -0.251. The van der Waals surface area contributed by atoms with Gasteiger partial charge in [-0.25, -0.2) is 4.39 Å². The van der Waals surface area contributed by atoms with Crippen molar-refractivity contribution < 1.29 is 13.9 Å². The summed E-state index contributed by atoms with van der Waals surface area (Å²) in [6, 6.07) is 6.27. The Bertz CT molecular complexity index is 483. The maximum Gasteiger partial charge on any atom is 0.140 e. The third-order valence-electron chi connectivity index (χ3n) is 5.00. The van der Waals surface area contributed by atoms with E-state index in [2.05, 4.69) is 0 Å². The fourth-order valence-electron chi connectivity index (χ4n) is 3.79. The van der Waals surface area contributed by atoms with Gasteiger partial charge in [0.1, 0.15) is 11.6 Å². The Morgan fingerprint density at radius 2 is 1.90 bits per heavy atom. The van der Waals surface area contributed by atoms with Gasteiger partial charge in [0.05, 0.1) is 5.60 Å². The minimum Gasteiger partial charge on any atom is -0.375 e. The standard InChI is InChI=1S/C18H23FO2/c19-16-6-4-14(5-7-16)12-17(20)15-8-11-21-18(13-15)9-2-1-3-10-18/h4-7,15H,1-3,8-13H2. The molecule has 114 valence electrons. The first kappa shape index (κ1) is 14.7. The molecule has 0 aromatic heterocycles. The molecule has 1 aliphatic carbocycles. The Morgan fingerprint density at radius 3 is 2.62 bits per heavy atom. The fourth-order valence-corrected chi connectivity index (χ4v) is 3.79. The molecule has 1 aromatic rings. The van der Waals surface area contributed by atoms with Crippen LogP contribution in [0.5, 0.6) is 0 Å². The Labute approximate surface area is 125 Å². The van der Waals surface area contributed by atoms with Crippen molar-refractivity contribution in [3.8, 4) is 0 Å². The number of carbonyl (C=O) groups excluding carboxylic acids is 1. The molecule has 1 atom stereocenters. The summed E-state index contributed by atoms with van der Waals surface area (Å²) in [5.41, 5.74) is 0.880. The molecule has 1 aliphatic heterocycles. The summed E-state index contributed by atoms with van der Waals surface area (Å²) in [5.74, 6) is 0.148. The number of hydrogen-bond donors (Lipinski definition) is 0. The van der Waals surface area contributed by atoms with E-state index in [0.717, 1.165) is 31.2 Å². The van der Waals surface area contributed by atoms with E-state index >= 15 is 0 Å². The van der Waals surface area contributed by atoms with Crippen LogP contribution in [-0.4, -0.2) is 18.0 Å². The second-order valence-electron chi connectivity index (χ2n) is 6.55. The summed E-state index contributed by atoms with van der Waals surface area (Å²) < 4.78 is 19.0. The molecular weight excluding hydrogens is 267 g/mol. The lowest BCUT2D eigenvalue weighted by atomic mass is 9.74. The van der Waals surface area contributed by atoms with Crippen molar-refractivity contribution in [3.63, 3.8) is 0 Å². The van der Waals surface area contributed by atoms with Crippen molar-refractivity contribution in [2.24, 2.45) is 5.92 Å². The van der Waals surface area contributed by atoms with Crippen LogP contribution in [0, 0.1) is 11.7 Å². The summed E-state index contributed by atoms with van der Waals surface area (Å²) in [5, 5.41) is 0. The lowest BCUT2D eigenvalue weighted by Crippen LogP contribution is -2.43. The van der Waals surface area contributed by atoms with Crippen LogP contribution in [0.15, 0.2) is 24.3 Å². The molecule has 2 nitrogen and oxygen atoms in total. The molecule has 0 N–H and O–H groups in total. The van der Waals surface area contributed by atoms with E-state index in [1.165, 1.54) is 31.4 Å². The number of halogens is 1. The van der Waals surface area contributed by atoms with Gasteiger partial charge in [-0.15, -0.1) is 0 Å². The molecule has 3 rings (SSSR count). The number of ether oxygens (including phenoxy) is 1. The molecular formula is C18H23FO2. The van der Waals surface area contributed by atoms with E-state index in [4.69, 9.17) is 4.74 Å². The maximum atomic E-state index is 12.9.